The molecule has 108 valence electrons. The second-order valence-electron chi connectivity index (χ2n) is 4.78. The Bertz CT molecular complexity index is 353. The summed E-state index contributed by atoms with van der Waals surface area (Å²) in [6.45, 7) is 3.70. The van der Waals surface area contributed by atoms with Gasteiger partial charge in [-0.15, -0.1) is 0 Å². The molecule has 0 saturated heterocycles. The maximum Gasteiger partial charge on any atom is 0.124 e. The Balaban J connectivity index is 2.17. The van der Waals surface area contributed by atoms with E-state index in [2.05, 4.69) is 28.9 Å². The van der Waals surface area contributed by atoms with E-state index in [0.717, 1.165) is 28.8 Å². The van der Waals surface area contributed by atoms with Crippen molar-refractivity contribution < 1.29 is 9.47 Å². The van der Waals surface area contributed by atoms with Crippen molar-refractivity contribution in [2.75, 3.05) is 13.7 Å². The van der Waals surface area contributed by atoms with Gasteiger partial charge in [-0.1, -0.05) is 55.0 Å². The van der Waals surface area contributed by atoms with Gasteiger partial charge in [-0.3, -0.25) is 0 Å². The number of halogens is 1. The van der Waals surface area contributed by atoms with Crippen LogP contribution in [0.25, 0.3) is 0 Å². The standard InChI is InChI=1S/C16H25BrO2/c1-3-4-5-6-7-8-11-19-13-14-12-15(17)9-10-16(14)18-2/h9-10,12H,3-8,11,13H2,1-2H3. The fourth-order valence-electron chi connectivity index (χ4n) is 2.03. The molecule has 0 N–H and O–H groups in total. The zero-order chi connectivity index (χ0) is 13.9. The molecule has 0 radical (unpaired) electrons. The van der Waals surface area contributed by atoms with Crippen molar-refractivity contribution in [3.05, 3.63) is 28.2 Å². The number of hydrogen-bond acceptors (Lipinski definition) is 2. The number of benzene rings is 1. The van der Waals surface area contributed by atoms with Gasteiger partial charge < -0.3 is 9.47 Å². The van der Waals surface area contributed by atoms with Crippen LogP contribution in [-0.4, -0.2) is 13.7 Å². The van der Waals surface area contributed by atoms with E-state index in [1.807, 2.05) is 12.1 Å². The van der Waals surface area contributed by atoms with Crippen LogP contribution in [0.1, 0.15) is 51.0 Å². The van der Waals surface area contributed by atoms with Gasteiger partial charge in [0.05, 0.1) is 13.7 Å². The first kappa shape index (κ1) is 16.5. The molecule has 0 aromatic heterocycles. The number of unbranched alkanes of at least 4 members (excludes halogenated alkanes) is 5. The average molecular weight is 329 g/mol. The first-order chi connectivity index (χ1) is 9.27. The number of ether oxygens (including phenoxy) is 2. The van der Waals surface area contributed by atoms with Crippen molar-refractivity contribution in [3.63, 3.8) is 0 Å². The third-order valence-corrected chi connectivity index (χ3v) is 3.64. The van der Waals surface area contributed by atoms with E-state index in [0.29, 0.717) is 6.61 Å². The monoisotopic (exact) mass is 328 g/mol. The Labute approximate surface area is 125 Å². The van der Waals surface area contributed by atoms with Crippen LogP contribution in [0.2, 0.25) is 0 Å². The highest BCUT2D eigenvalue weighted by molar-refractivity contribution is 9.10. The lowest BCUT2D eigenvalue weighted by atomic mass is 10.1. The highest BCUT2D eigenvalue weighted by atomic mass is 79.9. The van der Waals surface area contributed by atoms with Crippen molar-refractivity contribution in [1.82, 2.24) is 0 Å². The van der Waals surface area contributed by atoms with E-state index in [4.69, 9.17) is 9.47 Å². The Morgan fingerprint density at radius 2 is 1.79 bits per heavy atom. The van der Waals surface area contributed by atoms with E-state index in [1.54, 1.807) is 7.11 Å². The van der Waals surface area contributed by atoms with E-state index in [-0.39, 0.29) is 0 Å². The molecule has 0 bridgehead atoms. The second kappa shape index (κ2) is 10.3. The number of hydrogen-bond donors (Lipinski definition) is 0. The average Bonchev–Trinajstić information content (AvgIpc) is 2.42. The quantitative estimate of drug-likeness (QED) is 0.540. The Morgan fingerprint density at radius 1 is 1.05 bits per heavy atom. The fourth-order valence-corrected chi connectivity index (χ4v) is 2.44. The van der Waals surface area contributed by atoms with Gasteiger partial charge in [-0.05, 0) is 24.6 Å². The fraction of sp³-hybridized carbons (Fsp3) is 0.625. The molecule has 0 fully saturated rings. The zero-order valence-electron chi connectivity index (χ0n) is 12.1. The van der Waals surface area contributed by atoms with Gasteiger partial charge in [-0.25, -0.2) is 0 Å². The minimum absolute atomic E-state index is 0.623. The summed E-state index contributed by atoms with van der Waals surface area (Å²) < 4.78 is 12.1. The van der Waals surface area contributed by atoms with Crippen LogP contribution in [0.15, 0.2) is 22.7 Å². The molecule has 1 aromatic carbocycles. The molecule has 1 rings (SSSR count). The van der Waals surface area contributed by atoms with Crippen LogP contribution < -0.4 is 4.74 Å². The van der Waals surface area contributed by atoms with E-state index < -0.39 is 0 Å². The van der Waals surface area contributed by atoms with Crippen molar-refractivity contribution in [3.8, 4) is 5.75 Å². The molecule has 0 aliphatic carbocycles. The zero-order valence-corrected chi connectivity index (χ0v) is 13.7. The molecule has 0 spiro atoms. The van der Waals surface area contributed by atoms with Crippen LogP contribution in [0.5, 0.6) is 5.75 Å². The first-order valence-corrected chi connectivity index (χ1v) is 7.97. The van der Waals surface area contributed by atoms with Gasteiger partial charge in [-0.2, -0.15) is 0 Å². The second-order valence-corrected chi connectivity index (χ2v) is 5.69. The van der Waals surface area contributed by atoms with E-state index >= 15 is 0 Å². The molecule has 0 saturated carbocycles. The van der Waals surface area contributed by atoms with Crippen molar-refractivity contribution in [2.24, 2.45) is 0 Å². The summed E-state index contributed by atoms with van der Waals surface area (Å²) in [5.74, 6) is 0.895. The predicted molar refractivity (Wildman–Crippen MR) is 83.7 cm³/mol. The minimum Gasteiger partial charge on any atom is -0.496 e. The summed E-state index contributed by atoms with van der Waals surface area (Å²) in [4.78, 5) is 0. The van der Waals surface area contributed by atoms with Gasteiger partial charge in [0.25, 0.3) is 0 Å². The van der Waals surface area contributed by atoms with Crippen LogP contribution in [-0.2, 0) is 11.3 Å². The van der Waals surface area contributed by atoms with Gasteiger partial charge in [0.15, 0.2) is 0 Å². The minimum atomic E-state index is 0.623. The Hall–Kier alpha value is -0.540. The number of rotatable bonds is 10. The molecule has 1 aromatic rings. The SMILES string of the molecule is CCCCCCCCOCc1cc(Br)ccc1OC. The van der Waals surface area contributed by atoms with Crippen LogP contribution in [0, 0.1) is 0 Å². The van der Waals surface area contributed by atoms with E-state index in [9.17, 15) is 0 Å². The molecule has 3 heteroatoms. The molecule has 19 heavy (non-hydrogen) atoms. The lowest BCUT2D eigenvalue weighted by Crippen LogP contribution is -1.98. The largest absolute Gasteiger partial charge is 0.496 e. The van der Waals surface area contributed by atoms with Gasteiger partial charge in [0.2, 0.25) is 0 Å². The summed E-state index contributed by atoms with van der Waals surface area (Å²) in [5.41, 5.74) is 1.10. The summed E-state index contributed by atoms with van der Waals surface area (Å²) >= 11 is 3.47. The lowest BCUT2D eigenvalue weighted by molar-refractivity contribution is 0.115. The van der Waals surface area contributed by atoms with Crippen LogP contribution >= 0.6 is 15.9 Å². The molecule has 0 aliphatic heterocycles. The molecule has 2 nitrogen and oxygen atoms in total. The summed E-state index contributed by atoms with van der Waals surface area (Å²) in [7, 11) is 1.69. The highest BCUT2D eigenvalue weighted by Crippen LogP contribution is 2.23. The van der Waals surface area contributed by atoms with Gasteiger partial charge in [0.1, 0.15) is 5.75 Å². The van der Waals surface area contributed by atoms with Gasteiger partial charge in [0, 0.05) is 16.6 Å². The smallest absolute Gasteiger partial charge is 0.124 e. The summed E-state index contributed by atoms with van der Waals surface area (Å²) in [6.07, 6.45) is 7.78. The number of methoxy groups -OCH3 is 1. The third-order valence-electron chi connectivity index (χ3n) is 3.14. The maximum atomic E-state index is 5.72. The first-order valence-electron chi connectivity index (χ1n) is 7.18. The maximum absolute atomic E-state index is 5.72. The van der Waals surface area contributed by atoms with Crippen molar-refractivity contribution in [1.29, 1.82) is 0 Å². The molecule has 0 amide bonds. The van der Waals surface area contributed by atoms with Crippen LogP contribution in [0.3, 0.4) is 0 Å². The normalized spacial score (nSPS) is 10.7. The van der Waals surface area contributed by atoms with E-state index in [1.165, 1.54) is 32.1 Å². The topological polar surface area (TPSA) is 18.5 Å². The summed E-state index contributed by atoms with van der Waals surface area (Å²) in [5, 5.41) is 0. The molecular weight excluding hydrogens is 304 g/mol. The van der Waals surface area contributed by atoms with Crippen LogP contribution in [0.4, 0.5) is 0 Å². The third kappa shape index (κ3) is 6.98. The molecule has 0 atom stereocenters. The Kier molecular flexibility index (Phi) is 8.93. The highest BCUT2D eigenvalue weighted by Gasteiger charge is 2.03. The molecule has 0 heterocycles. The van der Waals surface area contributed by atoms with Gasteiger partial charge >= 0.3 is 0 Å². The molecule has 0 aliphatic rings. The lowest BCUT2D eigenvalue weighted by Gasteiger charge is -2.09. The Morgan fingerprint density at radius 3 is 2.53 bits per heavy atom. The predicted octanol–water partition coefficient (Wildman–Crippen LogP) is 5.33. The van der Waals surface area contributed by atoms with Crippen molar-refractivity contribution in [2.45, 2.75) is 52.1 Å². The van der Waals surface area contributed by atoms with Crippen molar-refractivity contribution >= 4 is 15.9 Å². The molecular formula is C16H25BrO2. The molecule has 0 unspecified atom stereocenters. The summed E-state index contributed by atoms with van der Waals surface area (Å²) in [6, 6.07) is 6.00.